The van der Waals surface area contributed by atoms with Crippen LogP contribution in [0.3, 0.4) is 0 Å². The maximum absolute atomic E-state index is 10.1. The molecule has 4 nitrogen and oxygen atoms in total. The number of esters is 1. The SMILES string of the molecule is COC(=O)C=CC(=O)[O-].[K+]. The van der Waals surface area contributed by atoms with Gasteiger partial charge in [0.1, 0.15) is 0 Å². The Hall–Kier alpha value is 0.316. The van der Waals surface area contributed by atoms with Crippen LogP contribution in [0, 0.1) is 0 Å². The third-order valence-electron chi connectivity index (χ3n) is 0.557. The van der Waals surface area contributed by atoms with Crippen molar-refractivity contribution in [2.75, 3.05) is 7.11 Å². The van der Waals surface area contributed by atoms with Crippen molar-refractivity contribution in [2.45, 2.75) is 0 Å². The molecule has 0 aromatic rings. The maximum atomic E-state index is 10.1. The number of carbonyl (C=O) groups is 2. The van der Waals surface area contributed by atoms with Crippen LogP contribution >= 0.6 is 0 Å². The standard InChI is InChI=1S/C5H6O4.K/c1-9-5(8)3-2-4(6)7;/h2-3H,1H3,(H,6,7);/q;+1/p-1. The summed E-state index contributed by atoms with van der Waals surface area (Å²) >= 11 is 0. The molecule has 0 aromatic carbocycles. The number of carboxylic acids is 1. The van der Waals surface area contributed by atoms with Crippen molar-refractivity contribution in [3.63, 3.8) is 0 Å². The molecule has 0 aromatic heterocycles. The van der Waals surface area contributed by atoms with Gasteiger partial charge in [0, 0.05) is 6.08 Å². The van der Waals surface area contributed by atoms with Crippen molar-refractivity contribution in [3.05, 3.63) is 12.2 Å². The van der Waals surface area contributed by atoms with E-state index in [9.17, 15) is 14.7 Å². The van der Waals surface area contributed by atoms with Crippen LogP contribution < -0.4 is 56.5 Å². The fourth-order valence-corrected chi connectivity index (χ4v) is 0.204. The first kappa shape index (κ1) is 12.9. The third-order valence-corrected chi connectivity index (χ3v) is 0.557. The number of aliphatic carboxylic acids is 1. The fraction of sp³-hybridized carbons (Fsp3) is 0.200. The summed E-state index contributed by atoms with van der Waals surface area (Å²) in [6.45, 7) is 0. The average molecular weight is 168 g/mol. The van der Waals surface area contributed by atoms with Crippen molar-refractivity contribution in [1.29, 1.82) is 0 Å². The summed E-state index contributed by atoms with van der Waals surface area (Å²) < 4.78 is 4.08. The van der Waals surface area contributed by atoms with Crippen LogP contribution in [0.4, 0.5) is 0 Å². The molecule has 10 heavy (non-hydrogen) atoms. The summed E-state index contributed by atoms with van der Waals surface area (Å²) in [5, 5.41) is 9.61. The molecule has 0 N–H and O–H groups in total. The van der Waals surface area contributed by atoms with Crippen molar-refractivity contribution in [3.8, 4) is 0 Å². The monoisotopic (exact) mass is 168 g/mol. The van der Waals surface area contributed by atoms with E-state index in [-0.39, 0.29) is 51.4 Å². The molecule has 0 rings (SSSR count). The molecule has 0 unspecified atom stereocenters. The van der Waals surface area contributed by atoms with E-state index in [0.29, 0.717) is 6.08 Å². The number of methoxy groups -OCH3 is 1. The van der Waals surface area contributed by atoms with E-state index in [1.807, 2.05) is 0 Å². The number of hydrogen-bond acceptors (Lipinski definition) is 4. The molecule has 0 fully saturated rings. The molecule has 0 radical (unpaired) electrons. The zero-order chi connectivity index (χ0) is 7.28. The Labute approximate surface area is 101 Å². The maximum Gasteiger partial charge on any atom is 1.00 e. The second-order valence-corrected chi connectivity index (χ2v) is 1.18. The minimum absolute atomic E-state index is 0. The number of hydrogen-bond donors (Lipinski definition) is 0. The van der Waals surface area contributed by atoms with Gasteiger partial charge in [-0.3, -0.25) is 0 Å². The molecular formula is C5H5KO4. The van der Waals surface area contributed by atoms with Crippen LogP contribution in [0.15, 0.2) is 12.2 Å². The van der Waals surface area contributed by atoms with Crippen molar-refractivity contribution in [2.24, 2.45) is 0 Å². The first-order chi connectivity index (χ1) is 4.16. The molecule has 0 amide bonds. The zero-order valence-corrected chi connectivity index (χ0v) is 8.91. The summed E-state index contributed by atoms with van der Waals surface area (Å²) in [5.41, 5.74) is 0. The van der Waals surface area contributed by atoms with Gasteiger partial charge >= 0.3 is 57.4 Å². The molecule has 0 heterocycles. The summed E-state index contributed by atoms with van der Waals surface area (Å²) in [7, 11) is 1.15. The van der Waals surface area contributed by atoms with E-state index in [1.54, 1.807) is 0 Å². The summed E-state index contributed by atoms with van der Waals surface area (Å²) in [6.07, 6.45) is 1.38. The normalized spacial score (nSPS) is 8.50. The van der Waals surface area contributed by atoms with E-state index in [0.717, 1.165) is 13.2 Å². The molecule has 50 valence electrons. The number of ether oxygens (including phenoxy) is 1. The van der Waals surface area contributed by atoms with Gasteiger partial charge in [0.05, 0.1) is 13.1 Å². The van der Waals surface area contributed by atoms with E-state index < -0.39 is 11.9 Å². The molecular weight excluding hydrogens is 163 g/mol. The minimum atomic E-state index is -1.42. The largest absolute Gasteiger partial charge is 1.00 e. The summed E-state index contributed by atoms with van der Waals surface area (Å²) in [4.78, 5) is 19.7. The molecule has 0 saturated carbocycles. The smallest absolute Gasteiger partial charge is 0.545 e. The van der Waals surface area contributed by atoms with Gasteiger partial charge in [-0.15, -0.1) is 0 Å². The van der Waals surface area contributed by atoms with Crippen LogP contribution in [0.2, 0.25) is 0 Å². The second kappa shape index (κ2) is 7.42. The van der Waals surface area contributed by atoms with Gasteiger partial charge in [0.15, 0.2) is 0 Å². The topological polar surface area (TPSA) is 66.4 Å². The Kier molecular flexibility index (Phi) is 9.61. The molecule has 0 saturated heterocycles. The van der Waals surface area contributed by atoms with Gasteiger partial charge in [-0.05, 0) is 6.08 Å². The van der Waals surface area contributed by atoms with Gasteiger partial charge in [0.25, 0.3) is 0 Å². The first-order valence-corrected chi connectivity index (χ1v) is 2.14. The predicted molar refractivity (Wildman–Crippen MR) is 26.2 cm³/mol. The minimum Gasteiger partial charge on any atom is -0.545 e. The molecule has 5 heteroatoms. The quantitative estimate of drug-likeness (QED) is 0.237. The van der Waals surface area contributed by atoms with E-state index >= 15 is 0 Å². The number of rotatable bonds is 2. The fourth-order valence-electron chi connectivity index (χ4n) is 0.204. The summed E-state index contributed by atoms with van der Waals surface area (Å²) in [6, 6.07) is 0. The molecule has 0 aliphatic heterocycles. The molecule has 0 aliphatic rings. The first-order valence-electron chi connectivity index (χ1n) is 2.14. The van der Waals surface area contributed by atoms with E-state index in [2.05, 4.69) is 4.74 Å². The Morgan fingerprint density at radius 1 is 1.40 bits per heavy atom. The van der Waals surface area contributed by atoms with Crippen LogP contribution in [0.5, 0.6) is 0 Å². The average Bonchev–Trinajstić information content (AvgIpc) is 1.83. The number of carboxylic acid groups (broad SMARTS) is 1. The van der Waals surface area contributed by atoms with E-state index in [1.165, 1.54) is 0 Å². The molecule has 0 spiro atoms. The van der Waals surface area contributed by atoms with Crippen LogP contribution in [-0.2, 0) is 14.3 Å². The molecule has 0 atom stereocenters. The predicted octanol–water partition coefficient (Wildman–Crippen LogP) is -4.53. The van der Waals surface area contributed by atoms with Gasteiger partial charge in [-0.25, -0.2) is 4.79 Å². The van der Waals surface area contributed by atoms with Crippen LogP contribution in [0.25, 0.3) is 0 Å². The van der Waals surface area contributed by atoms with E-state index in [4.69, 9.17) is 0 Å². The van der Waals surface area contributed by atoms with Gasteiger partial charge in [-0.2, -0.15) is 0 Å². The summed E-state index contributed by atoms with van der Waals surface area (Å²) in [5.74, 6) is -2.13. The molecule has 0 bridgehead atoms. The van der Waals surface area contributed by atoms with Crippen molar-refractivity contribution < 1.29 is 70.8 Å². The van der Waals surface area contributed by atoms with Gasteiger partial charge in [0.2, 0.25) is 0 Å². The number of carbonyl (C=O) groups excluding carboxylic acids is 2. The zero-order valence-electron chi connectivity index (χ0n) is 5.79. The Bertz CT molecular complexity index is 152. The molecule has 0 aliphatic carbocycles. The Morgan fingerprint density at radius 3 is 2.20 bits per heavy atom. The third kappa shape index (κ3) is 8.32. The Balaban J connectivity index is 0. The van der Waals surface area contributed by atoms with Crippen molar-refractivity contribution >= 4 is 11.9 Å². The van der Waals surface area contributed by atoms with Crippen molar-refractivity contribution in [1.82, 2.24) is 0 Å². The second-order valence-electron chi connectivity index (χ2n) is 1.18. The van der Waals surface area contributed by atoms with Crippen LogP contribution in [-0.4, -0.2) is 19.0 Å². The van der Waals surface area contributed by atoms with Gasteiger partial charge < -0.3 is 14.6 Å². The van der Waals surface area contributed by atoms with Crippen LogP contribution in [0.1, 0.15) is 0 Å². The Morgan fingerprint density at radius 2 is 1.90 bits per heavy atom. The van der Waals surface area contributed by atoms with Gasteiger partial charge in [-0.1, -0.05) is 0 Å².